The lowest BCUT2D eigenvalue weighted by atomic mass is 10.00. The van der Waals surface area contributed by atoms with Gasteiger partial charge in [-0.05, 0) is 42.0 Å². The molecule has 0 unspecified atom stereocenters. The van der Waals surface area contributed by atoms with Crippen molar-refractivity contribution in [1.29, 1.82) is 0 Å². The lowest BCUT2D eigenvalue weighted by Gasteiger charge is -2.11. The Morgan fingerprint density at radius 1 is 1.19 bits per heavy atom. The van der Waals surface area contributed by atoms with E-state index in [0.29, 0.717) is 5.57 Å². The molecule has 86 valence electrons. The molecular weight excluding hydrogens is 328 g/mol. The Kier molecular flexibility index (Phi) is 4.18. The minimum absolute atomic E-state index is 0.0291. The molecule has 0 amide bonds. The molecule has 0 saturated carbocycles. The second kappa shape index (κ2) is 5.03. The van der Waals surface area contributed by atoms with Gasteiger partial charge in [0.2, 0.25) is 0 Å². The molecule has 0 nitrogen and oxygen atoms in total. The molecule has 0 N–H and O–H groups in total. The molecule has 0 aliphatic rings. The second-order valence-corrected chi connectivity index (χ2v) is 4.40. The van der Waals surface area contributed by atoms with E-state index >= 15 is 0 Å². The van der Waals surface area contributed by atoms with Gasteiger partial charge in [0.15, 0.2) is 11.6 Å². The van der Waals surface area contributed by atoms with Crippen LogP contribution in [0.5, 0.6) is 0 Å². The number of hydrogen-bond donors (Lipinski definition) is 0. The molecule has 0 saturated heterocycles. The summed E-state index contributed by atoms with van der Waals surface area (Å²) in [5.74, 6) is -2.96. The van der Waals surface area contributed by atoms with Gasteiger partial charge in [-0.2, -0.15) is 0 Å². The Labute approximate surface area is 106 Å². The van der Waals surface area contributed by atoms with E-state index in [9.17, 15) is 13.2 Å². The van der Waals surface area contributed by atoms with E-state index in [1.165, 1.54) is 34.7 Å². The molecule has 0 atom stereocenters. The summed E-state index contributed by atoms with van der Waals surface area (Å²) in [6.45, 7) is 6.78. The van der Waals surface area contributed by atoms with Crippen LogP contribution in [0.2, 0.25) is 0 Å². The van der Waals surface area contributed by atoms with Crippen molar-refractivity contribution in [1.82, 2.24) is 0 Å². The molecule has 1 aromatic rings. The van der Waals surface area contributed by atoms with Gasteiger partial charge in [0, 0.05) is 11.1 Å². The van der Waals surface area contributed by atoms with E-state index in [-0.39, 0.29) is 14.7 Å². The predicted molar refractivity (Wildman–Crippen MR) is 68.4 cm³/mol. The molecule has 16 heavy (non-hydrogen) atoms. The van der Waals surface area contributed by atoms with Crippen LogP contribution < -0.4 is 0 Å². The van der Waals surface area contributed by atoms with E-state index in [1.54, 1.807) is 13.8 Å². The van der Waals surface area contributed by atoms with Crippen molar-refractivity contribution in [2.75, 3.05) is 0 Å². The van der Waals surface area contributed by atoms with Gasteiger partial charge in [-0.15, -0.1) is 0 Å². The van der Waals surface area contributed by atoms with Crippen LogP contribution in [0.15, 0.2) is 12.7 Å². The molecule has 0 aromatic heterocycles. The van der Waals surface area contributed by atoms with Crippen LogP contribution in [0.4, 0.5) is 13.2 Å². The first kappa shape index (κ1) is 13.3. The van der Waals surface area contributed by atoms with Crippen molar-refractivity contribution < 1.29 is 13.2 Å². The Morgan fingerprint density at radius 2 is 1.75 bits per heavy atom. The molecule has 1 rings (SSSR count). The number of allylic oxidation sites excluding steroid dienone is 2. The van der Waals surface area contributed by atoms with Crippen molar-refractivity contribution in [3.8, 4) is 0 Å². The maximum Gasteiger partial charge on any atom is 0.175 e. The van der Waals surface area contributed by atoms with Crippen LogP contribution >= 0.6 is 22.6 Å². The van der Waals surface area contributed by atoms with Crippen LogP contribution in [0.1, 0.15) is 25.0 Å². The van der Waals surface area contributed by atoms with Crippen molar-refractivity contribution >= 4 is 34.2 Å². The van der Waals surface area contributed by atoms with Crippen molar-refractivity contribution in [3.05, 3.63) is 44.8 Å². The van der Waals surface area contributed by atoms with E-state index < -0.39 is 17.5 Å². The smallest absolute Gasteiger partial charge is 0.175 e. The lowest BCUT2D eigenvalue weighted by molar-refractivity contribution is 0.484. The largest absolute Gasteiger partial charge is 0.205 e. The molecule has 0 fully saturated rings. The van der Waals surface area contributed by atoms with Crippen molar-refractivity contribution in [3.63, 3.8) is 0 Å². The first-order valence-electron chi connectivity index (χ1n) is 4.56. The minimum Gasteiger partial charge on any atom is -0.205 e. The van der Waals surface area contributed by atoms with Crippen LogP contribution in [0, 0.1) is 21.0 Å². The fraction of sp³-hybridized carbons (Fsp3) is 0.167. The quantitative estimate of drug-likeness (QED) is 0.414. The highest BCUT2D eigenvalue weighted by Gasteiger charge is 2.22. The molecule has 0 radical (unpaired) electrons. The zero-order valence-corrected chi connectivity index (χ0v) is 11.0. The zero-order valence-electron chi connectivity index (χ0n) is 8.87. The van der Waals surface area contributed by atoms with Gasteiger partial charge in [-0.1, -0.05) is 18.7 Å². The van der Waals surface area contributed by atoms with Gasteiger partial charge in [0.1, 0.15) is 5.82 Å². The summed E-state index contributed by atoms with van der Waals surface area (Å²) >= 11 is 1.44. The van der Waals surface area contributed by atoms with Gasteiger partial charge < -0.3 is 0 Å². The molecule has 0 aliphatic heterocycles. The normalized spacial score (nSPS) is 11.1. The topological polar surface area (TPSA) is 0 Å². The molecular formula is C12H10F3I. The predicted octanol–water partition coefficient (Wildman–Crippen LogP) is 4.77. The minimum atomic E-state index is -1.16. The molecule has 0 heterocycles. The van der Waals surface area contributed by atoms with Gasteiger partial charge in [-0.25, -0.2) is 13.2 Å². The number of benzene rings is 1. The van der Waals surface area contributed by atoms with Gasteiger partial charge in [-0.3, -0.25) is 0 Å². The number of halogens is 4. The summed E-state index contributed by atoms with van der Waals surface area (Å²) in [6.07, 6.45) is 2.86. The highest BCUT2D eigenvalue weighted by molar-refractivity contribution is 14.1. The standard InChI is InChI=1S/C12H10F3I/c1-4-5-7-8(6(2)3)10(14)12(16)11(15)9(7)13/h4-5H,2H2,1,3H3/b5-4+. The molecule has 0 aliphatic carbocycles. The van der Waals surface area contributed by atoms with Crippen LogP contribution in [0.25, 0.3) is 11.6 Å². The third kappa shape index (κ3) is 2.16. The second-order valence-electron chi connectivity index (χ2n) is 3.32. The van der Waals surface area contributed by atoms with E-state index in [4.69, 9.17) is 0 Å². The maximum atomic E-state index is 13.8. The Bertz CT molecular complexity index is 476. The monoisotopic (exact) mass is 338 g/mol. The van der Waals surface area contributed by atoms with E-state index in [1.807, 2.05) is 0 Å². The SMILES string of the molecule is C=C(C)c1c(F)c(I)c(F)c(F)c1/C=C/C. The number of hydrogen-bond acceptors (Lipinski definition) is 0. The summed E-state index contributed by atoms with van der Waals surface area (Å²) in [5.41, 5.74) is 0.300. The fourth-order valence-electron chi connectivity index (χ4n) is 1.39. The van der Waals surface area contributed by atoms with E-state index in [2.05, 4.69) is 6.58 Å². The lowest BCUT2D eigenvalue weighted by Crippen LogP contribution is -2.03. The highest BCUT2D eigenvalue weighted by atomic mass is 127. The Morgan fingerprint density at radius 3 is 2.19 bits per heavy atom. The summed E-state index contributed by atoms with van der Waals surface area (Å²) in [6, 6.07) is 0. The first-order valence-corrected chi connectivity index (χ1v) is 5.64. The summed E-state index contributed by atoms with van der Waals surface area (Å²) in [4.78, 5) is 0. The van der Waals surface area contributed by atoms with E-state index in [0.717, 1.165) is 0 Å². The summed E-state index contributed by atoms with van der Waals surface area (Å²) < 4.78 is 40.4. The summed E-state index contributed by atoms with van der Waals surface area (Å²) in [7, 11) is 0. The zero-order chi connectivity index (χ0) is 12.5. The molecule has 0 spiro atoms. The third-order valence-corrected chi connectivity index (χ3v) is 3.01. The molecule has 0 bridgehead atoms. The maximum absolute atomic E-state index is 13.8. The van der Waals surface area contributed by atoms with Crippen LogP contribution in [0.3, 0.4) is 0 Å². The third-order valence-electron chi connectivity index (χ3n) is 2.06. The first-order chi connectivity index (χ1) is 7.41. The Hall–Kier alpha value is -0.780. The van der Waals surface area contributed by atoms with Crippen LogP contribution in [-0.4, -0.2) is 0 Å². The Balaban J connectivity index is 3.75. The average Bonchev–Trinajstić information content (AvgIpc) is 2.23. The number of rotatable bonds is 2. The average molecular weight is 338 g/mol. The fourth-order valence-corrected chi connectivity index (χ4v) is 1.90. The van der Waals surface area contributed by atoms with Crippen LogP contribution in [-0.2, 0) is 0 Å². The van der Waals surface area contributed by atoms with Crippen molar-refractivity contribution in [2.24, 2.45) is 0 Å². The van der Waals surface area contributed by atoms with Gasteiger partial charge >= 0.3 is 0 Å². The highest BCUT2D eigenvalue weighted by Crippen LogP contribution is 2.31. The van der Waals surface area contributed by atoms with Gasteiger partial charge in [0.05, 0.1) is 3.57 Å². The summed E-state index contributed by atoms with van der Waals surface area (Å²) in [5, 5.41) is 0. The van der Waals surface area contributed by atoms with Crippen molar-refractivity contribution in [2.45, 2.75) is 13.8 Å². The molecule has 1 aromatic carbocycles. The molecule has 4 heteroatoms. The van der Waals surface area contributed by atoms with Gasteiger partial charge in [0.25, 0.3) is 0 Å².